The summed E-state index contributed by atoms with van der Waals surface area (Å²) in [6, 6.07) is 12.6. The summed E-state index contributed by atoms with van der Waals surface area (Å²) in [5.74, 6) is 2.22. The van der Waals surface area contributed by atoms with Crippen LogP contribution in [0.15, 0.2) is 67.5 Å². The van der Waals surface area contributed by atoms with Gasteiger partial charge in [-0.3, -0.25) is 4.79 Å². The van der Waals surface area contributed by atoms with E-state index in [9.17, 15) is 4.79 Å². The Bertz CT molecular complexity index is 1160. The zero-order chi connectivity index (χ0) is 24.5. The maximum Gasteiger partial charge on any atom is 0.242 e. The van der Waals surface area contributed by atoms with E-state index < -0.39 is 6.04 Å². The molecule has 1 aromatic carbocycles. The average Bonchev–Trinajstić information content (AvgIpc) is 3.61. The first-order valence-electron chi connectivity index (χ1n) is 12.0. The van der Waals surface area contributed by atoms with Crippen molar-refractivity contribution in [3.05, 3.63) is 84.5 Å². The molecule has 1 amide bonds. The minimum atomic E-state index is -0.416. The lowest BCUT2D eigenvalue weighted by atomic mass is 9.97. The summed E-state index contributed by atoms with van der Waals surface area (Å²) < 4.78 is 1.91. The molecule has 1 aliphatic carbocycles. The lowest BCUT2D eigenvalue weighted by Gasteiger charge is -2.22. The van der Waals surface area contributed by atoms with Crippen molar-refractivity contribution < 1.29 is 4.79 Å². The van der Waals surface area contributed by atoms with Crippen LogP contribution >= 0.6 is 0 Å². The normalized spacial score (nSPS) is 14.1. The standard InChI is InChI=1S/C27H31N7O/c1-3-14-29-27-32-24(18-25(33-27)34-15-6-7-16-34)31-23(17-20-8-4-5-9-20)26(35)30-19-21-10-12-22(28-2)13-11-21/h3,6-7,10-13,15-16,18,20,23H,1,4-5,8-9,14,17,19H2,(H,30,35)(H2,29,31,32,33)/t23-/m1/s1. The summed E-state index contributed by atoms with van der Waals surface area (Å²) >= 11 is 0. The van der Waals surface area contributed by atoms with Crippen molar-refractivity contribution in [2.75, 3.05) is 17.2 Å². The van der Waals surface area contributed by atoms with Gasteiger partial charge in [0, 0.05) is 31.5 Å². The Balaban J connectivity index is 1.52. The third kappa shape index (κ3) is 6.70. The van der Waals surface area contributed by atoms with Crippen LogP contribution in [-0.4, -0.2) is 33.0 Å². The molecule has 0 radical (unpaired) electrons. The SMILES string of the molecule is [C-]#[N+]c1ccc(CNC(=O)[C@@H](CC2CCCC2)Nc2cc(-n3cccc3)nc(NCC=C)n2)cc1. The summed E-state index contributed by atoms with van der Waals surface area (Å²) in [4.78, 5) is 25.9. The van der Waals surface area contributed by atoms with Crippen LogP contribution in [0.3, 0.4) is 0 Å². The molecule has 1 fully saturated rings. The van der Waals surface area contributed by atoms with Gasteiger partial charge in [0.15, 0.2) is 5.69 Å². The quantitative estimate of drug-likeness (QED) is 0.269. The molecule has 0 saturated heterocycles. The lowest BCUT2D eigenvalue weighted by Crippen LogP contribution is -2.40. The Hall–Kier alpha value is -4.12. The molecule has 35 heavy (non-hydrogen) atoms. The van der Waals surface area contributed by atoms with Gasteiger partial charge in [0.05, 0.1) is 6.57 Å². The second-order valence-electron chi connectivity index (χ2n) is 8.77. The predicted molar refractivity (Wildman–Crippen MR) is 139 cm³/mol. The number of hydrogen-bond acceptors (Lipinski definition) is 5. The Morgan fingerprint density at radius 2 is 1.94 bits per heavy atom. The van der Waals surface area contributed by atoms with Gasteiger partial charge >= 0.3 is 0 Å². The van der Waals surface area contributed by atoms with E-state index in [1.165, 1.54) is 12.8 Å². The Morgan fingerprint density at radius 1 is 1.20 bits per heavy atom. The van der Waals surface area contributed by atoms with Crippen molar-refractivity contribution in [2.24, 2.45) is 5.92 Å². The van der Waals surface area contributed by atoms with Gasteiger partial charge in [0.25, 0.3) is 0 Å². The third-order valence-electron chi connectivity index (χ3n) is 6.20. The number of aromatic nitrogens is 3. The molecular formula is C27H31N7O. The zero-order valence-corrected chi connectivity index (χ0v) is 19.8. The third-order valence-corrected chi connectivity index (χ3v) is 6.20. The van der Waals surface area contributed by atoms with Gasteiger partial charge in [0.1, 0.15) is 17.7 Å². The van der Waals surface area contributed by atoms with E-state index in [4.69, 9.17) is 6.57 Å². The zero-order valence-electron chi connectivity index (χ0n) is 19.8. The van der Waals surface area contributed by atoms with Gasteiger partial charge in [-0.2, -0.15) is 9.97 Å². The molecular weight excluding hydrogens is 438 g/mol. The van der Waals surface area contributed by atoms with Gasteiger partial charge in [-0.05, 0) is 30.0 Å². The molecule has 4 rings (SSSR count). The van der Waals surface area contributed by atoms with Crippen molar-refractivity contribution in [1.29, 1.82) is 0 Å². The molecule has 2 heterocycles. The summed E-state index contributed by atoms with van der Waals surface area (Å²) in [6.45, 7) is 11.8. The summed E-state index contributed by atoms with van der Waals surface area (Å²) in [7, 11) is 0. The van der Waals surface area contributed by atoms with Crippen molar-refractivity contribution in [1.82, 2.24) is 19.9 Å². The Morgan fingerprint density at radius 3 is 2.63 bits per heavy atom. The summed E-state index contributed by atoms with van der Waals surface area (Å²) in [5.41, 5.74) is 1.54. The highest BCUT2D eigenvalue weighted by Crippen LogP contribution is 2.29. The smallest absolute Gasteiger partial charge is 0.242 e. The van der Waals surface area contributed by atoms with Crippen LogP contribution in [0.2, 0.25) is 0 Å². The largest absolute Gasteiger partial charge is 0.358 e. The molecule has 2 aromatic heterocycles. The van der Waals surface area contributed by atoms with Crippen molar-refractivity contribution in [2.45, 2.75) is 44.7 Å². The van der Waals surface area contributed by atoms with Crippen LogP contribution in [0, 0.1) is 12.5 Å². The number of benzene rings is 1. The van der Waals surface area contributed by atoms with Gasteiger partial charge in [-0.25, -0.2) is 4.85 Å². The molecule has 3 aromatic rings. The highest BCUT2D eigenvalue weighted by molar-refractivity contribution is 5.84. The number of rotatable bonds is 11. The van der Waals surface area contributed by atoms with Gasteiger partial charge in [0.2, 0.25) is 11.9 Å². The average molecular weight is 470 g/mol. The highest BCUT2D eigenvalue weighted by atomic mass is 16.2. The number of amides is 1. The van der Waals surface area contributed by atoms with Crippen LogP contribution in [-0.2, 0) is 11.3 Å². The second-order valence-corrected chi connectivity index (χ2v) is 8.77. The van der Waals surface area contributed by atoms with Gasteiger partial charge in [-0.1, -0.05) is 56.0 Å². The van der Waals surface area contributed by atoms with Crippen molar-refractivity contribution >= 4 is 23.4 Å². The first kappa shape index (κ1) is 24.0. The number of hydrogen-bond donors (Lipinski definition) is 3. The molecule has 3 N–H and O–H groups in total. The second kappa shape index (κ2) is 11.8. The first-order valence-corrected chi connectivity index (χ1v) is 12.0. The first-order chi connectivity index (χ1) is 17.1. The van der Waals surface area contributed by atoms with E-state index in [2.05, 4.69) is 37.3 Å². The van der Waals surface area contributed by atoms with Crippen molar-refractivity contribution in [3.8, 4) is 5.82 Å². The fraction of sp³-hybridized carbons (Fsp3) is 0.333. The minimum absolute atomic E-state index is 0.0621. The van der Waals surface area contributed by atoms with E-state index in [1.54, 1.807) is 18.2 Å². The van der Waals surface area contributed by atoms with Gasteiger partial charge < -0.3 is 20.5 Å². The van der Waals surface area contributed by atoms with Gasteiger partial charge in [-0.15, -0.1) is 6.58 Å². The molecule has 0 aliphatic heterocycles. The molecule has 0 bridgehead atoms. The number of carbonyl (C=O) groups is 1. The molecule has 1 aliphatic rings. The minimum Gasteiger partial charge on any atom is -0.358 e. The molecule has 1 atom stereocenters. The molecule has 8 nitrogen and oxygen atoms in total. The number of carbonyl (C=O) groups excluding carboxylic acids is 1. The van der Waals surface area contributed by atoms with Crippen LogP contribution in [0.25, 0.3) is 10.7 Å². The van der Waals surface area contributed by atoms with Crippen LogP contribution in [0.1, 0.15) is 37.7 Å². The maximum atomic E-state index is 13.3. The van der Waals surface area contributed by atoms with E-state index in [-0.39, 0.29) is 5.91 Å². The van der Waals surface area contributed by atoms with Crippen LogP contribution < -0.4 is 16.0 Å². The molecule has 8 heteroatoms. The molecule has 180 valence electrons. The predicted octanol–water partition coefficient (Wildman–Crippen LogP) is 5.09. The van der Waals surface area contributed by atoms with Crippen LogP contribution in [0.4, 0.5) is 17.5 Å². The summed E-state index contributed by atoms with van der Waals surface area (Å²) in [5, 5.41) is 9.62. The van der Waals surface area contributed by atoms with Crippen molar-refractivity contribution in [3.63, 3.8) is 0 Å². The monoisotopic (exact) mass is 469 g/mol. The number of anilines is 2. The van der Waals surface area contributed by atoms with E-state index >= 15 is 0 Å². The Labute approximate surface area is 206 Å². The van der Waals surface area contributed by atoms with E-state index in [0.717, 1.165) is 24.8 Å². The Kier molecular flexibility index (Phi) is 8.12. The fourth-order valence-electron chi connectivity index (χ4n) is 4.36. The fourth-order valence-corrected chi connectivity index (χ4v) is 4.36. The highest BCUT2D eigenvalue weighted by Gasteiger charge is 2.26. The van der Waals surface area contributed by atoms with Crippen LogP contribution in [0.5, 0.6) is 0 Å². The molecule has 0 unspecified atom stereocenters. The van der Waals surface area contributed by atoms with E-state index in [1.807, 2.05) is 47.3 Å². The topological polar surface area (TPSA) is 88.2 Å². The summed E-state index contributed by atoms with van der Waals surface area (Å²) in [6.07, 6.45) is 11.1. The number of nitrogens with one attached hydrogen (secondary N) is 3. The maximum absolute atomic E-state index is 13.3. The van der Waals surface area contributed by atoms with E-state index in [0.29, 0.717) is 42.3 Å². The molecule has 1 saturated carbocycles. The number of nitrogens with zero attached hydrogens (tertiary/aromatic N) is 4. The molecule has 0 spiro atoms. The lowest BCUT2D eigenvalue weighted by molar-refractivity contribution is -0.122.